The minimum atomic E-state index is 1.23. The van der Waals surface area contributed by atoms with E-state index in [1.807, 2.05) is 45.3 Å². The van der Waals surface area contributed by atoms with Gasteiger partial charge in [-0.25, -0.2) is 0 Å². The van der Waals surface area contributed by atoms with Crippen LogP contribution >= 0.6 is 45.3 Å². The number of benzene rings is 2. The van der Waals surface area contributed by atoms with Crippen LogP contribution in [0.15, 0.2) is 60.7 Å². The van der Waals surface area contributed by atoms with Crippen molar-refractivity contribution in [3.8, 4) is 0 Å². The van der Waals surface area contributed by atoms with Gasteiger partial charge in [-0.05, 0) is 149 Å². The lowest BCUT2D eigenvalue weighted by atomic mass is 9.95. The molecule has 6 aromatic rings. The molecule has 0 fully saturated rings. The van der Waals surface area contributed by atoms with E-state index in [0.717, 1.165) is 0 Å². The zero-order chi connectivity index (χ0) is 30.5. The van der Waals surface area contributed by atoms with Gasteiger partial charge in [0, 0.05) is 49.4 Å². The largest absolute Gasteiger partial charge is 0.145 e. The number of allylic oxidation sites excluding steroid dienone is 4. The molecule has 2 aliphatic rings. The van der Waals surface area contributed by atoms with Crippen molar-refractivity contribution in [3.63, 3.8) is 0 Å². The smallest absolute Gasteiger partial charge is 0.0351 e. The van der Waals surface area contributed by atoms with Gasteiger partial charge in [-0.15, -0.1) is 45.3 Å². The second-order valence-corrected chi connectivity index (χ2v) is 17.8. The summed E-state index contributed by atoms with van der Waals surface area (Å²) in [5.41, 5.74) is 12.5. The molecule has 8 rings (SSSR count). The van der Waals surface area contributed by atoms with Crippen molar-refractivity contribution in [2.45, 2.75) is 80.1 Å². The maximum atomic E-state index is 2.39. The van der Waals surface area contributed by atoms with E-state index in [1.165, 1.54) is 110 Å². The lowest BCUT2D eigenvalue weighted by molar-refractivity contribution is 0.942. The summed E-state index contributed by atoms with van der Waals surface area (Å²) in [6.45, 7) is 13.6. The molecule has 44 heavy (non-hydrogen) atoms. The number of thiophene rings is 4. The van der Waals surface area contributed by atoms with Crippen LogP contribution in [-0.2, 0) is 0 Å². The van der Waals surface area contributed by atoms with Gasteiger partial charge in [0.1, 0.15) is 0 Å². The minimum absolute atomic E-state index is 1.23. The molecule has 4 aromatic heterocycles. The molecule has 4 heteroatoms. The van der Waals surface area contributed by atoms with Crippen LogP contribution < -0.4 is 0 Å². The number of hydrogen-bond donors (Lipinski definition) is 0. The molecule has 2 aromatic carbocycles. The van der Waals surface area contributed by atoms with Crippen molar-refractivity contribution in [2.75, 3.05) is 0 Å². The summed E-state index contributed by atoms with van der Waals surface area (Å²) >= 11 is 7.74. The van der Waals surface area contributed by atoms with Gasteiger partial charge in [-0.2, -0.15) is 0 Å². The quantitative estimate of drug-likeness (QED) is 0.178. The molecule has 0 radical (unpaired) electrons. The third-order valence-electron chi connectivity index (χ3n) is 9.31. The molecule has 0 atom stereocenters. The van der Waals surface area contributed by atoms with Crippen LogP contribution in [-0.4, -0.2) is 0 Å². The third kappa shape index (κ3) is 5.38. The minimum Gasteiger partial charge on any atom is -0.145 e. The van der Waals surface area contributed by atoms with Crippen LogP contribution in [0.3, 0.4) is 0 Å². The second-order valence-electron chi connectivity index (χ2n) is 12.3. The Hall–Kier alpha value is -2.76. The van der Waals surface area contributed by atoms with E-state index in [4.69, 9.17) is 0 Å². The van der Waals surface area contributed by atoms with Crippen LogP contribution in [0.4, 0.5) is 0 Å². The highest BCUT2D eigenvalue weighted by Crippen LogP contribution is 2.48. The van der Waals surface area contributed by atoms with E-state index in [-0.39, 0.29) is 0 Å². The van der Waals surface area contributed by atoms with Crippen molar-refractivity contribution in [2.24, 2.45) is 0 Å². The Labute approximate surface area is 278 Å². The van der Waals surface area contributed by atoms with Gasteiger partial charge in [0.2, 0.25) is 0 Å². The standard InChI is InChI=1S/2C20H20S2/c2*1-12-11-18(13(2)21-12)15-8-6-9-16(15)20-14(3)22-19-10-5-4-7-17(19)20/h2*4-5,7,10-11H,6,8-9H2,1-3H3. The molecular formula is C40H40S4. The lowest BCUT2D eigenvalue weighted by Gasteiger charge is -2.09. The van der Waals surface area contributed by atoms with Crippen molar-refractivity contribution < 1.29 is 0 Å². The fourth-order valence-electron chi connectivity index (χ4n) is 7.58. The molecule has 0 saturated carbocycles. The average molecular weight is 649 g/mol. The summed E-state index contributed by atoms with van der Waals surface area (Å²) in [4.78, 5) is 8.75. The summed E-state index contributed by atoms with van der Waals surface area (Å²) in [5.74, 6) is 0. The van der Waals surface area contributed by atoms with Gasteiger partial charge < -0.3 is 0 Å². The van der Waals surface area contributed by atoms with E-state index in [2.05, 4.69) is 102 Å². The zero-order valence-electron chi connectivity index (χ0n) is 26.6. The summed E-state index contributed by atoms with van der Waals surface area (Å²) in [6.07, 6.45) is 7.51. The summed E-state index contributed by atoms with van der Waals surface area (Å²) < 4.78 is 2.85. The Morgan fingerprint density at radius 3 is 1.20 bits per heavy atom. The fourth-order valence-corrected chi connectivity index (χ4v) is 11.7. The Bertz CT molecular complexity index is 1930. The van der Waals surface area contributed by atoms with Gasteiger partial charge in [-0.3, -0.25) is 0 Å². The predicted molar refractivity (Wildman–Crippen MR) is 202 cm³/mol. The van der Waals surface area contributed by atoms with E-state index >= 15 is 0 Å². The first kappa shape index (κ1) is 29.9. The zero-order valence-corrected chi connectivity index (χ0v) is 29.9. The van der Waals surface area contributed by atoms with Crippen LogP contribution in [0.1, 0.15) is 90.0 Å². The maximum absolute atomic E-state index is 2.39. The molecule has 4 heterocycles. The molecule has 0 bridgehead atoms. The van der Waals surface area contributed by atoms with Gasteiger partial charge in [0.05, 0.1) is 0 Å². The molecule has 0 nitrogen and oxygen atoms in total. The monoisotopic (exact) mass is 648 g/mol. The Balaban J connectivity index is 0.000000142. The molecule has 0 spiro atoms. The first-order chi connectivity index (χ1) is 21.3. The van der Waals surface area contributed by atoms with Crippen molar-refractivity contribution in [1.82, 2.24) is 0 Å². The number of aryl methyl sites for hydroxylation is 6. The maximum Gasteiger partial charge on any atom is 0.0351 e. The Morgan fingerprint density at radius 1 is 0.432 bits per heavy atom. The highest BCUT2D eigenvalue weighted by Gasteiger charge is 2.25. The van der Waals surface area contributed by atoms with Crippen LogP contribution in [0.5, 0.6) is 0 Å². The SMILES string of the molecule is Cc1cc(C2=C(c3c(C)sc4ccccc34)CCC2)c(C)s1.Cc1cc(C2=C(c3c(C)sc4ccccc34)CCC2)c(C)s1. The van der Waals surface area contributed by atoms with E-state index in [1.54, 1.807) is 22.3 Å². The average Bonchev–Trinajstić information content (AvgIpc) is 3.83. The summed E-state index contributed by atoms with van der Waals surface area (Å²) in [7, 11) is 0. The first-order valence-corrected chi connectivity index (χ1v) is 19.1. The first-order valence-electron chi connectivity index (χ1n) is 15.9. The normalized spacial score (nSPS) is 15.2. The van der Waals surface area contributed by atoms with Crippen LogP contribution in [0.2, 0.25) is 0 Å². The molecule has 0 unspecified atom stereocenters. The van der Waals surface area contributed by atoms with Crippen LogP contribution in [0.25, 0.3) is 42.5 Å². The Kier molecular flexibility index (Phi) is 8.30. The topological polar surface area (TPSA) is 0 Å². The van der Waals surface area contributed by atoms with E-state index in [9.17, 15) is 0 Å². The molecule has 0 N–H and O–H groups in total. The fraction of sp³-hybridized carbons (Fsp3) is 0.300. The summed E-state index contributed by atoms with van der Waals surface area (Å²) in [6, 6.07) is 22.5. The Morgan fingerprint density at radius 2 is 0.818 bits per heavy atom. The van der Waals surface area contributed by atoms with Crippen LogP contribution in [0, 0.1) is 41.5 Å². The molecular weight excluding hydrogens is 609 g/mol. The molecule has 2 aliphatic carbocycles. The van der Waals surface area contributed by atoms with Crippen molar-refractivity contribution in [3.05, 3.63) is 112 Å². The van der Waals surface area contributed by atoms with Gasteiger partial charge >= 0.3 is 0 Å². The summed E-state index contributed by atoms with van der Waals surface area (Å²) in [5, 5.41) is 2.90. The highest BCUT2D eigenvalue weighted by atomic mass is 32.1. The second kappa shape index (κ2) is 12.2. The molecule has 0 aliphatic heterocycles. The number of rotatable bonds is 4. The number of hydrogen-bond acceptors (Lipinski definition) is 4. The molecule has 0 saturated heterocycles. The van der Waals surface area contributed by atoms with Gasteiger partial charge in [0.15, 0.2) is 0 Å². The number of fused-ring (bicyclic) bond motifs is 2. The van der Waals surface area contributed by atoms with E-state index in [0.29, 0.717) is 0 Å². The molecule has 224 valence electrons. The van der Waals surface area contributed by atoms with E-state index < -0.39 is 0 Å². The predicted octanol–water partition coefficient (Wildman–Crippen LogP) is 14.0. The van der Waals surface area contributed by atoms with Crippen molar-refractivity contribution in [1.29, 1.82) is 0 Å². The lowest BCUT2D eigenvalue weighted by Crippen LogP contribution is -1.87. The van der Waals surface area contributed by atoms with Gasteiger partial charge in [0.25, 0.3) is 0 Å². The van der Waals surface area contributed by atoms with Gasteiger partial charge in [-0.1, -0.05) is 36.4 Å². The van der Waals surface area contributed by atoms with Crippen molar-refractivity contribution >= 4 is 87.8 Å². The third-order valence-corrected chi connectivity index (χ3v) is 13.4. The molecule has 0 amide bonds. The highest BCUT2D eigenvalue weighted by molar-refractivity contribution is 7.19.